The Labute approximate surface area is 72.8 Å². The van der Waals surface area contributed by atoms with Crippen LogP contribution in [-0.4, -0.2) is 17.6 Å². The van der Waals surface area contributed by atoms with Gasteiger partial charge >= 0.3 is 6.17 Å². The molecule has 68 valence electrons. The fraction of sp³-hybridized carbons (Fsp3) is 0.333. The highest BCUT2D eigenvalue weighted by atomic mass is 16.6. The summed E-state index contributed by atoms with van der Waals surface area (Å²) in [6.07, 6.45) is 0.492. The summed E-state index contributed by atoms with van der Waals surface area (Å²) in [7, 11) is 0. The summed E-state index contributed by atoms with van der Waals surface area (Å²) in [6, 6.07) is 3.24. The van der Waals surface area contributed by atoms with Crippen molar-refractivity contribution in [3.05, 3.63) is 28.5 Å². The molecule has 1 aromatic rings. The second-order valence-corrected chi connectivity index (χ2v) is 2.48. The lowest BCUT2D eigenvalue weighted by atomic mass is 10.5. The van der Waals surface area contributed by atoms with Crippen molar-refractivity contribution in [1.29, 1.82) is 0 Å². The van der Waals surface area contributed by atoms with E-state index in [1.54, 1.807) is 12.1 Å². The zero-order chi connectivity index (χ0) is 9.26. The molecule has 0 amide bonds. The fourth-order valence-corrected chi connectivity index (χ4v) is 1.06. The number of nitrogens with zero attached hydrogens (tertiary/aromatic N) is 4. The highest BCUT2D eigenvalue weighted by molar-refractivity contribution is 5.34. The van der Waals surface area contributed by atoms with Crippen molar-refractivity contribution in [2.45, 2.75) is 6.17 Å². The summed E-state index contributed by atoms with van der Waals surface area (Å²) in [5.41, 5.74) is 0. The first-order valence-corrected chi connectivity index (χ1v) is 3.62. The average molecular weight is 182 g/mol. The van der Waals surface area contributed by atoms with Crippen molar-refractivity contribution in [3.63, 3.8) is 0 Å². The van der Waals surface area contributed by atoms with Crippen molar-refractivity contribution in [1.82, 2.24) is 0 Å². The summed E-state index contributed by atoms with van der Waals surface area (Å²) in [5, 5.41) is 18.8. The first-order chi connectivity index (χ1) is 6.29. The van der Waals surface area contributed by atoms with E-state index in [1.807, 2.05) is 0 Å². The molecule has 7 nitrogen and oxygen atoms in total. The predicted molar refractivity (Wildman–Crippen MR) is 41.7 cm³/mol. The van der Waals surface area contributed by atoms with Crippen LogP contribution in [0.3, 0.4) is 0 Å². The molecular formula is C6H6N4O3. The van der Waals surface area contributed by atoms with Gasteiger partial charge < -0.3 is 4.42 Å². The highest BCUT2D eigenvalue weighted by Gasteiger charge is 2.35. The van der Waals surface area contributed by atoms with E-state index in [2.05, 4.69) is 10.3 Å². The minimum atomic E-state index is -0.939. The van der Waals surface area contributed by atoms with Crippen LogP contribution in [0.15, 0.2) is 33.2 Å². The maximum atomic E-state index is 10.5. The molecule has 0 aromatic carbocycles. The molecule has 1 aliphatic rings. The van der Waals surface area contributed by atoms with Crippen LogP contribution in [-0.2, 0) is 0 Å². The van der Waals surface area contributed by atoms with E-state index in [-0.39, 0.29) is 6.54 Å². The van der Waals surface area contributed by atoms with Gasteiger partial charge in [-0.2, -0.15) is 5.11 Å². The minimum absolute atomic E-state index is 0.0632. The molecule has 0 aliphatic carbocycles. The Morgan fingerprint density at radius 1 is 1.77 bits per heavy atom. The molecule has 0 fully saturated rings. The van der Waals surface area contributed by atoms with Crippen molar-refractivity contribution in [3.8, 4) is 0 Å². The van der Waals surface area contributed by atoms with Crippen LogP contribution >= 0.6 is 0 Å². The van der Waals surface area contributed by atoms with Gasteiger partial charge in [0.1, 0.15) is 0 Å². The third kappa shape index (κ3) is 1.24. The zero-order valence-electron chi connectivity index (χ0n) is 6.53. The monoisotopic (exact) mass is 182 g/mol. The lowest BCUT2D eigenvalue weighted by Gasteiger charge is -2.10. The Kier molecular flexibility index (Phi) is 1.69. The van der Waals surface area contributed by atoms with Gasteiger partial charge in [0.2, 0.25) is 5.88 Å². The SMILES string of the molecule is O=[N+]([O-])C1CN=NN1c1ccco1. The molecule has 1 aromatic heterocycles. The van der Waals surface area contributed by atoms with Crippen LogP contribution in [0, 0.1) is 10.1 Å². The molecule has 0 spiro atoms. The molecule has 1 atom stereocenters. The Morgan fingerprint density at radius 2 is 2.62 bits per heavy atom. The van der Waals surface area contributed by atoms with Gasteiger partial charge in [0.15, 0.2) is 6.54 Å². The Balaban J connectivity index is 2.23. The molecule has 0 bridgehead atoms. The van der Waals surface area contributed by atoms with E-state index in [0.29, 0.717) is 5.88 Å². The van der Waals surface area contributed by atoms with E-state index >= 15 is 0 Å². The highest BCUT2D eigenvalue weighted by Crippen LogP contribution is 2.22. The van der Waals surface area contributed by atoms with Crippen LogP contribution in [0.2, 0.25) is 0 Å². The number of anilines is 1. The number of hydrogen-bond donors (Lipinski definition) is 0. The lowest BCUT2D eigenvalue weighted by Crippen LogP contribution is -2.35. The molecular weight excluding hydrogens is 176 g/mol. The normalized spacial score (nSPS) is 20.9. The molecule has 1 unspecified atom stereocenters. The number of nitro groups is 1. The molecule has 2 heterocycles. The molecule has 0 saturated heterocycles. The van der Waals surface area contributed by atoms with Crippen LogP contribution in [0.25, 0.3) is 0 Å². The fourth-order valence-electron chi connectivity index (χ4n) is 1.06. The first kappa shape index (κ1) is 7.71. The van der Waals surface area contributed by atoms with Gasteiger partial charge in [0.05, 0.1) is 6.26 Å². The second kappa shape index (κ2) is 2.85. The molecule has 0 saturated carbocycles. The Hall–Kier alpha value is -1.92. The molecule has 13 heavy (non-hydrogen) atoms. The summed E-state index contributed by atoms with van der Waals surface area (Å²) in [6.45, 7) is 0.0632. The third-order valence-corrected chi connectivity index (χ3v) is 1.66. The molecule has 0 N–H and O–H groups in total. The van der Waals surface area contributed by atoms with E-state index < -0.39 is 11.1 Å². The van der Waals surface area contributed by atoms with Crippen molar-refractivity contribution in [2.24, 2.45) is 10.3 Å². The minimum Gasteiger partial charge on any atom is -0.447 e. The molecule has 1 aliphatic heterocycles. The predicted octanol–water partition coefficient (Wildman–Crippen LogP) is 1.07. The topological polar surface area (TPSA) is 84.2 Å². The summed E-state index contributed by atoms with van der Waals surface area (Å²) >= 11 is 0. The van der Waals surface area contributed by atoms with E-state index in [4.69, 9.17) is 4.42 Å². The van der Waals surface area contributed by atoms with Crippen LogP contribution < -0.4 is 5.01 Å². The lowest BCUT2D eigenvalue weighted by molar-refractivity contribution is -0.516. The van der Waals surface area contributed by atoms with Crippen LogP contribution in [0.4, 0.5) is 5.88 Å². The van der Waals surface area contributed by atoms with E-state index in [0.717, 1.165) is 5.01 Å². The summed E-state index contributed by atoms with van der Waals surface area (Å²) < 4.78 is 4.97. The van der Waals surface area contributed by atoms with Crippen molar-refractivity contribution >= 4 is 5.88 Å². The zero-order valence-corrected chi connectivity index (χ0v) is 6.53. The van der Waals surface area contributed by atoms with Crippen molar-refractivity contribution < 1.29 is 9.34 Å². The smallest absolute Gasteiger partial charge is 0.330 e. The average Bonchev–Trinajstić information content (AvgIpc) is 2.74. The van der Waals surface area contributed by atoms with Gasteiger partial charge in [-0.3, -0.25) is 10.1 Å². The van der Waals surface area contributed by atoms with Gasteiger partial charge in [-0.25, -0.2) is 0 Å². The standard InChI is InChI=1S/C6H6N4O3/c11-10(12)5-4-7-8-9(5)6-2-1-3-13-6/h1-3,5H,4H2. The third-order valence-electron chi connectivity index (χ3n) is 1.66. The van der Waals surface area contributed by atoms with Crippen LogP contribution in [0.1, 0.15) is 0 Å². The number of hydrogen-bond acceptors (Lipinski definition) is 6. The van der Waals surface area contributed by atoms with E-state index in [9.17, 15) is 10.1 Å². The Bertz CT molecular complexity index is 334. The molecule has 0 radical (unpaired) electrons. The maximum Gasteiger partial charge on any atom is 0.330 e. The summed E-state index contributed by atoms with van der Waals surface area (Å²) in [5.74, 6) is 0.336. The number of rotatable bonds is 2. The van der Waals surface area contributed by atoms with Gasteiger partial charge in [0, 0.05) is 11.0 Å². The molecule has 7 heteroatoms. The van der Waals surface area contributed by atoms with Gasteiger partial charge in [-0.1, -0.05) is 5.22 Å². The first-order valence-electron chi connectivity index (χ1n) is 3.62. The quantitative estimate of drug-likeness (QED) is 0.505. The second-order valence-electron chi connectivity index (χ2n) is 2.48. The number of furan rings is 1. The molecule has 2 rings (SSSR count). The van der Waals surface area contributed by atoms with Gasteiger partial charge in [0.25, 0.3) is 0 Å². The largest absolute Gasteiger partial charge is 0.447 e. The maximum absolute atomic E-state index is 10.5. The van der Waals surface area contributed by atoms with Crippen LogP contribution in [0.5, 0.6) is 0 Å². The van der Waals surface area contributed by atoms with Gasteiger partial charge in [-0.15, -0.1) is 5.01 Å². The summed E-state index contributed by atoms with van der Waals surface area (Å²) in [4.78, 5) is 10.1. The Morgan fingerprint density at radius 3 is 3.23 bits per heavy atom. The van der Waals surface area contributed by atoms with E-state index in [1.165, 1.54) is 6.26 Å². The van der Waals surface area contributed by atoms with Gasteiger partial charge in [-0.05, 0) is 6.07 Å². The van der Waals surface area contributed by atoms with Crippen molar-refractivity contribution in [2.75, 3.05) is 11.6 Å².